The van der Waals surface area contributed by atoms with Crippen LogP contribution in [0, 0.1) is 0 Å². The zero-order chi connectivity index (χ0) is 13.0. The van der Waals surface area contributed by atoms with Gasteiger partial charge in [-0.15, -0.1) is 0 Å². The monoisotopic (exact) mass is 246 g/mol. The minimum absolute atomic E-state index is 0.0427. The summed E-state index contributed by atoms with van der Waals surface area (Å²) in [6, 6.07) is 7.67. The molecule has 0 fully saturated rings. The quantitative estimate of drug-likeness (QED) is 0.840. The molecule has 94 valence electrons. The van der Waals surface area contributed by atoms with Crippen LogP contribution in [0.5, 0.6) is 5.75 Å². The molecule has 0 amide bonds. The van der Waals surface area contributed by atoms with Crippen LogP contribution in [-0.4, -0.2) is 28.2 Å². The molecule has 0 saturated carbocycles. The largest absolute Gasteiger partial charge is 0.496 e. The number of para-hydroxylation sites is 1. The lowest BCUT2D eigenvalue weighted by molar-refractivity contribution is -0.136. The number of hydrogen-bond donors (Lipinski definition) is 2. The molecule has 1 heterocycles. The maximum Gasteiger partial charge on any atom is 0.309 e. The molecule has 2 rings (SSSR count). The number of nitrogens with zero attached hydrogens (tertiary/aromatic N) is 1. The highest BCUT2D eigenvalue weighted by molar-refractivity contribution is 5.69. The zero-order valence-corrected chi connectivity index (χ0v) is 10.0. The number of imidazole rings is 1. The molecular weight excluding hydrogens is 232 g/mol. The van der Waals surface area contributed by atoms with E-state index in [9.17, 15) is 4.79 Å². The fraction of sp³-hybridized carbons (Fsp3) is 0.231. The fourth-order valence-corrected chi connectivity index (χ4v) is 1.78. The van der Waals surface area contributed by atoms with Gasteiger partial charge in [0.25, 0.3) is 0 Å². The lowest BCUT2D eigenvalue weighted by Gasteiger charge is -2.06. The lowest BCUT2D eigenvalue weighted by Crippen LogP contribution is -2.00. The minimum Gasteiger partial charge on any atom is -0.496 e. The van der Waals surface area contributed by atoms with Crippen LogP contribution < -0.4 is 4.74 Å². The van der Waals surface area contributed by atoms with E-state index in [0.717, 1.165) is 17.1 Å². The molecule has 1 aromatic heterocycles. The van der Waals surface area contributed by atoms with Gasteiger partial charge in [0.05, 0.1) is 13.5 Å². The number of methoxy groups -OCH3 is 1. The smallest absolute Gasteiger partial charge is 0.309 e. The van der Waals surface area contributed by atoms with Crippen molar-refractivity contribution < 1.29 is 14.6 Å². The number of hydrogen-bond acceptors (Lipinski definition) is 3. The standard InChI is InChI=1S/C13H14N2O3/c1-18-11-5-3-2-4-9(11)6-12-14-8-10(15-12)7-13(16)17/h2-5,8H,6-7H2,1H3,(H,14,15)(H,16,17). The summed E-state index contributed by atoms with van der Waals surface area (Å²) in [6.07, 6.45) is 2.10. The van der Waals surface area contributed by atoms with Crippen molar-refractivity contribution in [3.05, 3.63) is 47.5 Å². The van der Waals surface area contributed by atoms with E-state index < -0.39 is 5.97 Å². The average molecular weight is 246 g/mol. The molecule has 0 aliphatic carbocycles. The topological polar surface area (TPSA) is 75.2 Å². The van der Waals surface area contributed by atoms with Crippen LogP contribution >= 0.6 is 0 Å². The Morgan fingerprint density at radius 3 is 2.94 bits per heavy atom. The molecular formula is C13H14N2O3. The second-order valence-electron chi connectivity index (χ2n) is 3.91. The Morgan fingerprint density at radius 2 is 2.22 bits per heavy atom. The van der Waals surface area contributed by atoms with Crippen LogP contribution in [0.15, 0.2) is 30.5 Å². The Morgan fingerprint density at radius 1 is 1.44 bits per heavy atom. The molecule has 5 nitrogen and oxygen atoms in total. The minimum atomic E-state index is -0.873. The van der Waals surface area contributed by atoms with Crippen molar-refractivity contribution in [2.24, 2.45) is 0 Å². The Bertz CT molecular complexity index is 549. The van der Waals surface area contributed by atoms with Gasteiger partial charge < -0.3 is 14.8 Å². The zero-order valence-electron chi connectivity index (χ0n) is 10.0. The molecule has 0 aliphatic heterocycles. The summed E-state index contributed by atoms with van der Waals surface area (Å²) < 4.78 is 5.25. The van der Waals surface area contributed by atoms with Crippen molar-refractivity contribution in [1.82, 2.24) is 9.97 Å². The van der Waals surface area contributed by atoms with Crippen molar-refractivity contribution in [3.63, 3.8) is 0 Å². The summed E-state index contributed by atoms with van der Waals surface area (Å²) >= 11 is 0. The predicted octanol–water partition coefficient (Wildman–Crippen LogP) is 1.64. The van der Waals surface area contributed by atoms with E-state index in [-0.39, 0.29) is 6.42 Å². The van der Waals surface area contributed by atoms with Gasteiger partial charge in [-0.3, -0.25) is 4.79 Å². The van der Waals surface area contributed by atoms with Crippen molar-refractivity contribution in [1.29, 1.82) is 0 Å². The number of H-pyrrole nitrogens is 1. The Hall–Kier alpha value is -2.30. The van der Waals surface area contributed by atoms with E-state index in [2.05, 4.69) is 9.97 Å². The third-order valence-electron chi connectivity index (χ3n) is 2.57. The van der Waals surface area contributed by atoms with Gasteiger partial charge in [-0.1, -0.05) is 18.2 Å². The first kappa shape index (κ1) is 12.2. The van der Waals surface area contributed by atoms with E-state index >= 15 is 0 Å². The third-order valence-corrected chi connectivity index (χ3v) is 2.57. The number of ether oxygens (including phenoxy) is 1. The van der Waals surface area contributed by atoms with Crippen molar-refractivity contribution in [2.75, 3.05) is 7.11 Å². The van der Waals surface area contributed by atoms with Gasteiger partial charge in [0.15, 0.2) is 0 Å². The Balaban J connectivity index is 2.13. The molecule has 2 aromatic rings. The molecule has 1 aromatic carbocycles. The number of rotatable bonds is 5. The summed E-state index contributed by atoms with van der Waals surface area (Å²) in [7, 11) is 1.62. The van der Waals surface area contributed by atoms with Gasteiger partial charge in [-0.05, 0) is 6.07 Å². The van der Waals surface area contributed by atoms with Gasteiger partial charge >= 0.3 is 5.97 Å². The summed E-state index contributed by atoms with van der Waals surface area (Å²) in [5.41, 5.74) is 1.61. The van der Waals surface area contributed by atoms with Crippen LogP contribution in [0.3, 0.4) is 0 Å². The van der Waals surface area contributed by atoms with Crippen LogP contribution in [-0.2, 0) is 17.6 Å². The number of aromatic amines is 1. The maximum atomic E-state index is 10.6. The fourth-order valence-electron chi connectivity index (χ4n) is 1.78. The number of benzene rings is 1. The second kappa shape index (κ2) is 5.35. The van der Waals surface area contributed by atoms with E-state index in [0.29, 0.717) is 12.1 Å². The molecule has 0 unspecified atom stereocenters. The van der Waals surface area contributed by atoms with Crippen molar-refractivity contribution >= 4 is 5.97 Å². The average Bonchev–Trinajstić information content (AvgIpc) is 2.76. The van der Waals surface area contributed by atoms with E-state index in [4.69, 9.17) is 9.84 Å². The summed E-state index contributed by atoms with van der Waals surface area (Å²) in [6.45, 7) is 0. The summed E-state index contributed by atoms with van der Waals surface area (Å²) in [5, 5.41) is 8.68. The van der Waals surface area contributed by atoms with Gasteiger partial charge in [-0.2, -0.15) is 0 Å². The molecule has 0 radical (unpaired) electrons. The predicted molar refractivity (Wildman–Crippen MR) is 65.7 cm³/mol. The van der Waals surface area contributed by atoms with Gasteiger partial charge in [-0.25, -0.2) is 4.98 Å². The van der Waals surface area contributed by atoms with E-state index in [1.165, 1.54) is 0 Å². The SMILES string of the molecule is COc1ccccc1Cc1ncc(CC(=O)O)[nH]1. The van der Waals surface area contributed by atoms with Crippen LogP contribution in [0.25, 0.3) is 0 Å². The normalized spacial score (nSPS) is 10.3. The van der Waals surface area contributed by atoms with Gasteiger partial charge in [0.1, 0.15) is 11.6 Å². The van der Waals surface area contributed by atoms with Gasteiger partial charge in [0.2, 0.25) is 0 Å². The molecule has 18 heavy (non-hydrogen) atoms. The molecule has 0 atom stereocenters. The number of carboxylic acid groups (broad SMARTS) is 1. The van der Waals surface area contributed by atoms with E-state index in [1.54, 1.807) is 13.3 Å². The highest BCUT2D eigenvalue weighted by Crippen LogP contribution is 2.19. The Labute approximate surface area is 104 Å². The first-order valence-electron chi connectivity index (χ1n) is 5.55. The lowest BCUT2D eigenvalue weighted by atomic mass is 10.1. The van der Waals surface area contributed by atoms with Gasteiger partial charge in [0, 0.05) is 23.9 Å². The van der Waals surface area contributed by atoms with E-state index in [1.807, 2.05) is 24.3 Å². The number of carboxylic acids is 1. The van der Waals surface area contributed by atoms with Crippen molar-refractivity contribution in [2.45, 2.75) is 12.8 Å². The number of aromatic nitrogens is 2. The highest BCUT2D eigenvalue weighted by atomic mass is 16.5. The molecule has 0 spiro atoms. The number of carbonyl (C=O) groups is 1. The first-order chi connectivity index (χ1) is 8.69. The molecule has 0 aliphatic rings. The Kier molecular flexibility index (Phi) is 3.62. The van der Waals surface area contributed by atoms with Crippen LogP contribution in [0.4, 0.5) is 0 Å². The number of nitrogens with one attached hydrogen (secondary N) is 1. The highest BCUT2D eigenvalue weighted by Gasteiger charge is 2.08. The van der Waals surface area contributed by atoms with Crippen LogP contribution in [0.1, 0.15) is 17.1 Å². The second-order valence-corrected chi connectivity index (χ2v) is 3.91. The van der Waals surface area contributed by atoms with Crippen LogP contribution in [0.2, 0.25) is 0 Å². The molecule has 0 bridgehead atoms. The van der Waals surface area contributed by atoms with Crippen molar-refractivity contribution in [3.8, 4) is 5.75 Å². The summed E-state index contributed by atoms with van der Waals surface area (Å²) in [4.78, 5) is 17.7. The number of aliphatic carboxylic acids is 1. The molecule has 2 N–H and O–H groups in total. The molecule has 0 saturated heterocycles. The molecule has 5 heteroatoms. The summed E-state index contributed by atoms with van der Waals surface area (Å²) in [5.74, 6) is 0.659. The first-order valence-corrected chi connectivity index (χ1v) is 5.55. The third kappa shape index (κ3) is 2.88. The maximum absolute atomic E-state index is 10.6.